The average molecular weight is 229 g/mol. The van der Waals surface area contributed by atoms with E-state index in [1.54, 1.807) is 12.4 Å². The Morgan fingerprint density at radius 1 is 1.18 bits per heavy atom. The van der Waals surface area contributed by atoms with Gasteiger partial charge in [-0.2, -0.15) is 0 Å². The topological polar surface area (TPSA) is 61.0 Å². The van der Waals surface area contributed by atoms with Crippen LogP contribution in [-0.2, 0) is 6.42 Å². The molecule has 2 N–H and O–H groups in total. The van der Waals surface area contributed by atoms with Gasteiger partial charge in [0.15, 0.2) is 5.75 Å². The number of para-hydroxylation sites is 1. The first kappa shape index (κ1) is 11.5. The van der Waals surface area contributed by atoms with E-state index < -0.39 is 0 Å². The van der Waals surface area contributed by atoms with Gasteiger partial charge in [0.1, 0.15) is 11.6 Å². The minimum absolute atomic E-state index is 0.602. The van der Waals surface area contributed by atoms with Crippen LogP contribution in [0.15, 0.2) is 36.7 Å². The Morgan fingerprint density at radius 3 is 2.59 bits per heavy atom. The summed E-state index contributed by atoms with van der Waals surface area (Å²) in [4.78, 5) is 8.18. The Balaban J connectivity index is 2.20. The molecule has 0 unspecified atom stereocenters. The summed E-state index contributed by atoms with van der Waals surface area (Å²) in [5, 5.41) is 0. The number of hydrogen-bond donors (Lipinski definition) is 1. The van der Waals surface area contributed by atoms with Crippen LogP contribution in [0.4, 0.5) is 0 Å². The molecule has 0 spiro atoms. The van der Waals surface area contributed by atoms with Crippen molar-refractivity contribution < 1.29 is 4.74 Å². The Morgan fingerprint density at radius 2 is 1.88 bits per heavy atom. The van der Waals surface area contributed by atoms with Gasteiger partial charge in [-0.25, -0.2) is 9.97 Å². The lowest BCUT2D eigenvalue weighted by molar-refractivity contribution is 0.470. The SMILES string of the molecule is Cc1ncc(Oc2ccccc2CCN)cn1. The monoisotopic (exact) mass is 229 g/mol. The Kier molecular flexibility index (Phi) is 3.67. The molecule has 0 bridgehead atoms. The molecule has 0 aliphatic heterocycles. The maximum atomic E-state index is 5.74. The summed E-state index contributed by atoms with van der Waals surface area (Å²) in [6.07, 6.45) is 4.13. The molecule has 4 nitrogen and oxygen atoms in total. The lowest BCUT2D eigenvalue weighted by atomic mass is 10.1. The number of ether oxygens (including phenoxy) is 1. The molecule has 4 heteroatoms. The molecular formula is C13H15N3O. The standard InChI is InChI=1S/C13H15N3O/c1-10-15-8-12(9-16-10)17-13-5-3-2-4-11(13)6-7-14/h2-5,8-9H,6-7,14H2,1H3. The molecule has 0 aliphatic carbocycles. The van der Waals surface area contributed by atoms with E-state index >= 15 is 0 Å². The van der Waals surface area contributed by atoms with Crippen molar-refractivity contribution in [3.8, 4) is 11.5 Å². The third-order valence-corrected chi connectivity index (χ3v) is 2.37. The van der Waals surface area contributed by atoms with Gasteiger partial charge in [0, 0.05) is 0 Å². The quantitative estimate of drug-likeness (QED) is 0.872. The molecule has 0 saturated heterocycles. The van der Waals surface area contributed by atoms with Crippen LogP contribution in [0.2, 0.25) is 0 Å². The molecule has 2 aromatic rings. The Bertz CT molecular complexity index is 482. The second-order valence-electron chi connectivity index (χ2n) is 3.71. The van der Waals surface area contributed by atoms with Crippen LogP contribution >= 0.6 is 0 Å². The summed E-state index contributed by atoms with van der Waals surface area (Å²) in [6.45, 7) is 2.44. The van der Waals surface area contributed by atoms with Crippen LogP contribution in [0.1, 0.15) is 11.4 Å². The highest BCUT2D eigenvalue weighted by atomic mass is 16.5. The molecular weight excluding hydrogens is 214 g/mol. The Hall–Kier alpha value is -1.94. The van der Waals surface area contributed by atoms with Gasteiger partial charge in [-0.1, -0.05) is 18.2 Å². The maximum Gasteiger partial charge on any atom is 0.164 e. The van der Waals surface area contributed by atoms with Crippen molar-refractivity contribution in [2.75, 3.05) is 6.54 Å². The molecule has 17 heavy (non-hydrogen) atoms. The van der Waals surface area contributed by atoms with Crippen molar-refractivity contribution in [2.45, 2.75) is 13.3 Å². The molecule has 1 heterocycles. The number of nitrogens with zero attached hydrogens (tertiary/aromatic N) is 2. The summed E-state index contributed by atoms with van der Waals surface area (Å²) in [6, 6.07) is 7.84. The van der Waals surface area contributed by atoms with E-state index in [9.17, 15) is 0 Å². The number of benzene rings is 1. The van der Waals surface area contributed by atoms with Gasteiger partial charge in [0.25, 0.3) is 0 Å². The highest BCUT2D eigenvalue weighted by molar-refractivity contribution is 5.36. The van der Waals surface area contributed by atoms with Gasteiger partial charge in [-0.05, 0) is 31.5 Å². The number of aromatic nitrogens is 2. The van der Waals surface area contributed by atoms with Crippen LogP contribution < -0.4 is 10.5 Å². The van der Waals surface area contributed by atoms with Crippen molar-refractivity contribution in [3.05, 3.63) is 48.0 Å². The third kappa shape index (κ3) is 3.01. The van der Waals surface area contributed by atoms with E-state index in [4.69, 9.17) is 10.5 Å². The van der Waals surface area contributed by atoms with Crippen LogP contribution in [0.25, 0.3) is 0 Å². The molecule has 0 saturated carbocycles. The van der Waals surface area contributed by atoms with E-state index in [0.29, 0.717) is 12.3 Å². The van der Waals surface area contributed by atoms with Gasteiger partial charge in [-0.15, -0.1) is 0 Å². The van der Waals surface area contributed by atoms with Crippen molar-refractivity contribution in [3.63, 3.8) is 0 Å². The van der Waals surface area contributed by atoms with Crippen molar-refractivity contribution in [1.82, 2.24) is 9.97 Å². The van der Waals surface area contributed by atoms with Crippen LogP contribution in [0, 0.1) is 6.92 Å². The van der Waals surface area contributed by atoms with Gasteiger partial charge >= 0.3 is 0 Å². The van der Waals surface area contributed by atoms with Gasteiger partial charge in [-0.3, -0.25) is 0 Å². The molecule has 88 valence electrons. The smallest absolute Gasteiger partial charge is 0.164 e. The molecule has 1 aromatic carbocycles. The predicted octanol–water partition coefficient (Wildman–Crippen LogP) is 2.08. The van der Waals surface area contributed by atoms with E-state index in [1.807, 2.05) is 31.2 Å². The second-order valence-corrected chi connectivity index (χ2v) is 3.71. The Labute approximate surface area is 100 Å². The minimum Gasteiger partial charge on any atom is -0.454 e. The van der Waals surface area contributed by atoms with Crippen molar-refractivity contribution in [2.24, 2.45) is 5.73 Å². The molecule has 2 rings (SSSR count). The summed E-state index contributed by atoms with van der Waals surface area (Å²) >= 11 is 0. The van der Waals surface area contributed by atoms with E-state index in [1.165, 1.54) is 0 Å². The van der Waals surface area contributed by atoms with Gasteiger partial charge in [0.2, 0.25) is 0 Å². The van der Waals surface area contributed by atoms with Crippen molar-refractivity contribution >= 4 is 0 Å². The third-order valence-electron chi connectivity index (χ3n) is 2.37. The van der Waals surface area contributed by atoms with Crippen LogP contribution in [0.3, 0.4) is 0 Å². The summed E-state index contributed by atoms with van der Waals surface area (Å²) in [5.41, 5.74) is 6.66. The number of nitrogens with two attached hydrogens (primary N) is 1. The molecule has 0 aliphatic rings. The minimum atomic E-state index is 0.602. The van der Waals surface area contributed by atoms with Crippen molar-refractivity contribution in [1.29, 1.82) is 0 Å². The molecule has 0 atom stereocenters. The lowest BCUT2D eigenvalue weighted by Crippen LogP contribution is -2.04. The zero-order chi connectivity index (χ0) is 12.1. The summed E-state index contributed by atoms with van der Waals surface area (Å²) < 4.78 is 5.74. The normalized spacial score (nSPS) is 10.2. The first-order valence-electron chi connectivity index (χ1n) is 5.54. The van der Waals surface area contributed by atoms with Gasteiger partial charge < -0.3 is 10.5 Å². The molecule has 0 amide bonds. The fraction of sp³-hybridized carbons (Fsp3) is 0.231. The van der Waals surface area contributed by atoms with E-state index in [2.05, 4.69) is 9.97 Å². The zero-order valence-electron chi connectivity index (χ0n) is 9.76. The summed E-state index contributed by atoms with van der Waals surface area (Å²) in [5.74, 6) is 2.18. The van der Waals surface area contributed by atoms with Gasteiger partial charge in [0.05, 0.1) is 12.4 Å². The summed E-state index contributed by atoms with van der Waals surface area (Å²) in [7, 11) is 0. The fourth-order valence-corrected chi connectivity index (χ4v) is 1.53. The molecule has 0 radical (unpaired) electrons. The first-order chi connectivity index (χ1) is 8.29. The maximum absolute atomic E-state index is 5.74. The fourth-order valence-electron chi connectivity index (χ4n) is 1.53. The lowest BCUT2D eigenvalue weighted by Gasteiger charge is -2.09. The highest BCUT2D eigenvalue weighted by Crippen LogP contribution is 2.24. The van der Waals surface area contributed by atoms with E-state index in [-0.39, 0.29) is 0 Å². The zero-order valence-corrected chi connectivity index (χ0v) is 9.76. The predicted molar refractivity (Wildman–Crippen MR) is 66.0 cm³/mol. The molecule has 1 aromatic heterocycles. The number of rotatable bonds is 4. The van der Waals surface area contributed by atoms with E-state index in [0.717, 1.165) is 23.6 Å². The largest absolute Gasteiger partial charge is 0.454 e. The highest BCUT2D eigenvalue weighted by Gasteiger charge is 2.03. The van der Waals surface area contributed by atoms with Crippen LogP contribution in [-0.4, -0.2) is 16.5 Å². The number of aryl methyl sites for hydroxylation is 1. The first-order valence-corrected chi connectivity index (χ1v) is 5.54. The average Bonchev–Trinajstić information content (AvgIpc) is 2.35. The van der Waals surface area contributed by atoms with Crippen LogP contribution in [0.5, 0.6) is 11.5 Å². The second kappa shape index (κ2) is 5.41. The number of hydrogen-bond acceptors (Lipinski definition) is 4. The molecule has 0 fully saturated rings.